The van der Waals surface area contributed by atoms with E-state index in [4.69, 9.17) is 11.6 Å². The molecule has 0 fully saturated rings. The van der Waals surface area contributed by atoms with E-state index in [9.17, 15) is 14.7 Å². The second-order valence-electron chi connectivity index (χ2n) is 6.38. The number of carboxylic acids is 1. The zero-order valence-electron chi connectivity index (χ0n) is 14.1. The normalized spacial score (nSPS) is 11.2. The average molecular weight is 346 g/mol. The quantitative estimate of drug-likeness (QED) is 0.852. The predicted octanol–water partition coefficient (Wildman–Crippen LogP) is 4.57. The monoisotopic (exact) mass is 345 g/mol. The summed E-state index contributed by atoms with van der Waals surface area (Å²) in [4.78, 5) is 23.7. The lowest BCUT2D eigenvalue weighted by atomic mass is 9.85. The molecule has 2 rings (SSSR count). The number of nitrogens with one attached hydrogen (secondary N) is 1. The molecule has 2 aromatic rings. The molecule has 0 heterocycles. The summed E-state index contributed by atoms with van der Waals surface area (Å²) >= 11 is 6.16. The third kappa shape index (κ3) is 3.60. The van der Waals surface area contributed by atoms with Crippen LogP contribution in [-0.2, 0) is 10.2 Å². The first kappa shape index (κ1) is 18.0. The predicted molar refractivity (Wildman–Crippen MR) is 96.0 cm³/mol. The minimum atomic E-state index is -0.986. The van der Waals surface area contributed by atoms with Crippen molar-refractivity contribution >= 4 is 29.2 Å². The smallest absolute Gasteiger partial charge is 0.313 e. The Hall–Kier alpha value is -2.33. The van der Waals surface area contributed by atoms with Gasteiger partial charge in [-0.05, 0) is 68.7 Å². The van der Waals surface area contributed by atoms with Gasteiger partial charge in [0.1, 0.15) is 0 Å². The van der Waals surface area contributed by atoms with Gasteiger partial charge in [-0.25, -0.2) is 0 Å². The summed E-state index contributed by atoms with van der Waals surface area (Å²) in [5.41, 5.74) is 2.69. The van der Waals surface area contributed by atoms with Crippen LogP contribution < -0.4 is 5.32 Å². The molecule has 1 amide bonds. The van der Waals surface area contributed by atoms with Crippen LogP contribution in [0.25, 0.3) is 0 Å². The van der Waals surface area contributed by atoms with E-state index >= 15 is 0 Å². The SMILES string of the molecule is Cc1cc(Cl)c(C(=O)Nc2ccc(C(C)(C)C(=O)O)cc2)cc1C. The van der Waals surface area contributed by atoms with Crippen LogP contribution in [0.1, 0.15) is 40.9 Å². The Kier molecular flexibility index (Phi) is 4.99. The van der Waals surface area contributed by atoms with Gasteiger partial charge in [-0.1, -0.05) is 23.7 Å². The third-order valence-electron chi connectivity index (χ3n) is 4.23. The third-order valence-corrected chi connectivity index (χ3v) is 4.54. The number of anilines is 1. The van der Waals surface area contributed by atoms with Gasteiger partial charge in [0.15, 0.2) is 0 Å². The molecule has 0 aliphatic carbocycles. The van der Waals surface area contributed by atoms with Gasteiger partial charge in [-0.3, -0.25) is 9.59 Å². The molecule has 0 aliphatic heterocycles. The van der Waals surface area contributed by atoms with Crippen LogP contribution in [0.5, 0.6) is 0 Å². The number of rotatable bonds is 4. The summed E-state index contributed by atoms with van der Waals surface area (Å²) in [6, 6.07) is 10.3. The number of aliphatic carboxylic acids is 1. The topological polar surface area (TPSA) is 66.4 Å². The lowest BCUT2D eigenvalue weighted by Crippen LogP contribution is -2.28. The maximum absolute atomic E-state index is 12.4. The van der Waals surface area contributed by atoms with Gasteiger partial charge in [0.05, 0.1) is 16.0 Å². The number of carbonyl (C=O) groups excluding carboxylic acids is 1. The number of carboxylic acid groups (broad SMARTS) is 1. The highest BCUT2D eigenvalue weighted by Gasteiger charge is 2.29. The van der Waals surface area contributed by atoms with E-state index in [0.29, 0.717) is 21.8 Å². The van der Waals surface area contributed by atoms with Crippen molar-refractivity contribution in [2.45, 2.75) is 33.1 Å². The number of hydrogen-bond donors (Lipinski definition) is 2. The molecule has 0 unspecified atom stereocenters. The van der Waals surface area contributed by atoms with Crippen molar-refractivity contribution in [3.8, 4) is 0 Å². The molecule has 0 atom stereocenters. The van der Waals surface area contributed by atoms with E-state index in [1.807, 2.05) is 13.8 Å². The van der Waals surface area contributed by atoms with Crippen molar-refractivity contribution in [2.24, 2.45) is 0 Å². The number of hydrogen-bond acceptors (Lipinski definition) is 2. The number of amides is 1. The molecule has 2 N–H and O–H groups in total. The van der Waals surface area contributed by atoms with Gasteiger partial charge < -0.3 is 10.4 Å². The Balaban J connectivity index is 2.22. The lowest BCUT2D eigenvalue weighted by Gasteiger charge is -2.20. The number of benzene rings is 2. The molecule has 0 radical (unpaired) electrons. The van der Waals surface area contributed by atoms with Crippen molar-refractivity contribution < 1.29 is 14.7 Å². The van der Waals surface area contributed by atoms with Crippen LogP contribution in [0.2, 0.25) is 5.02 Å². The molecule has 0 aromatic heterocycles. The van der Waals surface area contributed by atoms with E-state index in [1.165, 1.54) is 0 Å². The minimum Gasteiger partial charge on any atom is -0.481 e. The van der Waals surface area contributed by atoms with Gasteiger partial charge in [-0.15, -0.1) is 0 Å². The van der Waals surface area contributed by atoms with Crippen molar-refractivity contribution in [1.82, 2.24) is 0 Å². The first-order valence-corrected chi connectivity index (χ1v) is 7.92. The lowest BCUT2D eigenvalue weighted by molar-refractivity contribution is -0.142. The maximum Gasteiger partial charge on any atom is 0.313 e. The van der Waals surface area contributed by atoms with E-state index in [1.54, 1.807) is 50.2 Å². The Morgan fingerprint density at radius 2 is 1.58 bits per heavy atom. The standard InChI is InChI=1S/C19H20ClNO3/c1-11-9-15(16(20)10-12(11)2)17(22)21-14-7-5-13(6-8-14)19(3,4)18(23)24/h5-10H,1-4H3,(H,21,22)(H,23,24). The van der Waals surface area contributed by atoms with Crippen molar-refractivity contribution in [3.05, 3.63) is 63.7 Å². The van der Waals surface area contributed by atoms with Crippen LogP contribution in [0.3, 0.4) is 0 Å². The van der Waals surface area contributed by atoms with Crippen LogP contribution in [-0.4, -0.2) is 17.0 Å². The van der Waals surface area contributed by atoms with Crippen LogP contribution >= 0.6 is 11.6 Å². The molecule has 0 bridgehead atoms. The summed E-state index contributed by atoms with van der Waals surface area (Å²) in [6.07, 6.45) is 0. The van der Waals surface area contributed by atoms with Crippen LogP contribution in [0.15, 0.2) is 36.4 Å². The summed E-state index contributed by atoms with van der Waals surface area (Å²) in [6.45, 7) is 7.13. The maximum atomic E-state index is 12.4. The summed E-state index contributed by atoms with van der Waals surface area (Å²) < 4.78 is 0. The average Bonchev–Trinajstić information content (AvgIpc) is 2.51. The van der Waals surface area contributed by atoms with E-state index in [2.05, 4.69) is 5.32 Å². The molecule has 4 nitrogen and oxygen atoms in total. The Morgan fingerprint density at radius 3 is 2.12 bits per heavy atom. The molecule has 5 heteroatoms. The second-order valence-corrected chi connectivity index (χ2v) is 6.79. The highest BCUT2D eigenvalue weighted by molar-refractivity contribution is 6.34. The van der Waals surface area contributed by atoms with Crippen molar-refractivity contribution in [3.63, 3.8) is 0 Å². The molecule has 126 valence electrons. The van der Waals surface area contributed by atoms with E-state index in [0.717, 1.165) is 11.1 Å². The summed E-state index contributed by atoms with van der Waals surface area (Å²) in [7, 11) is 0. The molecular formula is C19H20ClNO3. The van der Waals surface area contributed by atoms with E-state index < -0.39 is 11.4 Å². The van der Waals surface area contributed by atoms with Gasteiger partial charge in [0.25, 0.3) is 5.91 Å². The van der Waals surface area contributed by atoms with Gasteiger partial charge >= 0.3 is 5.97 Å². The first-order valence-electron chi connectivity index (χ1n) is 7.55. The summed E-state index contributed by atoms with van der Waals surface area (Å²) in [5.74, 6) is -1.20. The van der Waals surface area contributed by atoms with Crippen molar-refractivity contribution in [1.29, 1.82) is 0 Å². The fourth-order valence-corrected chi connectivity index (χ4v) is 2.55. The molecule has 0 saturated carbocycles. The van der Waals surface area contributed by atoms with Gasteiger partial charge in [-0.2, -0.15) is 0 Å². The number of carbonyl (C=O) groups is 2. The first-order chi connectivity index (χ1) is 11.1. The second kappa shape index (κ2) is 6.65. The fourth-order valence-electron chi connectivity index (χ4n) is 2.25. The zero-order chi connectivity index (χ0) is 18.1. The molecule has 2 aromatic carbocycles. The molecule has 0 saturated heterocycles. The molecule has 0 aliphatic rings. The van der Waals surface area contributed by atoms with Crippen LogP contribution in [0, 0.1) is 13.8 Å². The molecule has 0 spiro atoms. The van der Waals surface area contributed by atoms with Gasteiger partial charge in [0.2, 0.25) is 0 Å². The molecule has 24 heavy (non-hydrogen) atoms. The van der Waals surface area contributed by atoms with Gasteiger partial charge in [0, 0.05) is 5.69 Å². The Labute approximate surface area is 146 Å². The number of aryl methyl sites for hydroxylation is 2. The zero-order valence-corrected chi connectivity index (χ0v) is 14.9. The minimum absolute atomic E-state index is 0.298. The fraction of sp³-hybridized carbons (Fsp3) is 0.263. The van der Waals surface area contributed by atoms with Crippen molar-refractivity contribution in [2.75, 3.05) is 5.32 Å². The summed E-state index contributed by atoms with van der Waals surface area (Å²) in [5, 5.41) is 12.4. The molecular weight excluding hydrogens is 326 g/mol. The Bertz CT molecular complexity index is 795. The highest BCUT2D eigenvalue weighted by Crippen LogP contribution is 2.26. The highest BCUT2D eigenvalue weighted by atomic mass is 35.5. The van der Waals surface area contributed by atoms with Crippen LogP contribution in [0.4, 0.5) is 5.69 Å². The van der Waals surface area contributed by atoms with E-state index in [-0.39, 0.29) is 5.91 Å². The number of halogens is 1. The largest absolute Gasteiger partial charge is 0.481 e. The Morgan fingerprint density at radius 1 is 1.04 bits per heavy atom.